The molecule has 3 aliphatic carbocycles. The maximum Gasteiger partial charge on any atom is 0.0716 e. The van der Waals surface area contributed by atoms with Gasteiger partial charge < -0.3 is 0 Å². The molecule has 0 N–H and O–H groups in total. The summed E-state index contributed by atoms with van der Waals surface area (Å²) < 4.78 is 0. The van der Waals surface area contributed by atoms with Gasteiger partial charge in [-0.25, -0.2) is 4.98 Å². The van der Waals surface area contributed by atoms with Crippen molar-refractivity contribution in [3.05, 3.63) is 149 Å². The average Bonchev–Trinajstić information content (AvgIpc) is 3.79. The standard InChI is InChI=1S/C42H25N3/c1-3-24(4-2-23(1)31-21-35(25-9-13-43-14-10-25)45-36(22-31)26-11-15-44-16-12-26)33-20-32-18-29-6-5-27-17-28-7-8-30-19-34(33)42-40(30)38(28)37(27)39(29)41(32)42/h1-16,20-22H,17-19H2. The van der Waals surface area contributed by atoms with Gasteiger partial charge in [0, 0.05) is 35.9 Å². The minimum atomic E-state index is 0.934. The quantitative estimate of drug-likeness (QED) is 0.197. The molecule has 208 valence electrons. The van der Waals surface area contributed by atoms with Crippen LogP contribution < -0.4 is 0 Å². The maximum absolute atomic E-state index is 5.03. The highest BCUT2D eigenvalue weighted by molar-refractivity contribution is 6.33. The topological polar surface area (TPSA) is 38.7 Å². The van der Waals surface area contributed by atoms with Crippen LogP contribution in [-0.4, -0.2) is 15.0 Å². The van der Waals surface area contributed by atoms with Gasteiger partial charge in [-0.15, -0.1) is 0 Å². The summed E-state index contributed by atoms with van der Waals surface area (Å²) in [5.41, 5.74) is 18.0. The third-order valence-electron chi connectivity index (χ3n) is 10.5. The van der Waals surface area contributed by atoms with Gasteiger partial charge in [-0.1, -0.05) is 48.5 Å². The molecule has 3 heteroatoms. The number of hydrogen-bond acceptors (Lipinski definition) is 3. The zero-order valence-electron chi connectivity index (χ0n) is 24.4. The molecular weight excluding hydrogens is 546 g/mol. The van der Waals surface area contributed by atoms with E-state index in [1.807, 2.05) is 49.1 Å². The molecule has 0 saturated heterocycles. The van der Waals surface area contributed by atoms with Crippen molar-refractivity contribution in [2.24, 2.45) is 0 Å². The van der Waals surface area contributed by atoms with Crippen LogP contribution >= 0.6 is 0 Å². The Morgan fingerprint density at radius 2 is 0.822 bits per heavy atom. The van der Waals surface area contributed by atoms with E-state index in [9.17, 15) is 0 Å². The minimum absolute atomic E-state index is 0.934. The van der Waals surface area contributed by atoms with Crippen LogP contribution in [0.25, 0.3) is 77.1 Å². The van der Waals surface area contributed by atoms with Gasteiger partial charge in [-0.2, -0.15) is 0 Å². The van der Waals surface area contributed by atoms with Crippen molar-refractivity contribution in [3.8, 4) is 44.8 Å². The van der Waals surface area contributed by atoms with E-state index in [2.05, 4.69) is 76.7 Å². The van der Waals surface area contributed by atoms with E-state index < -0.39 is 0 Å². The molecule has 0 radical (unpaired) electrons. The summed E-state index contributed by atoms with van der Waals surface area (Å²) in [6.45, 7) is 0. The van der Waals surface area contributed by atoms with Crippen molar-refractivity contribution in [1.29, 1.82) is 0 Å². The lowest BCUT2D eigenvalue weighted by molar-refractivity contribution is 1.24. The molecule has 5 aromatic carbocycles. The molecule has 0 fully saturated rings. The predicted molar refractivity (Wildman–Crippen MR) is 183 cm³/mol. The first kappa shape index (κ1) is 23.7. The van der Waals surface area contributed by atoms with Crippen LogP contribution in [-0.2, 0) is 19.3 Å². The molecule has 0 unspecified atom stereocenters. The summed E-state index contributed by atoms with van der Waals surface area (Å²) in [6, 6.07) is 33.8. The van der Waals surface area contributed by atoms with Crippen LogP contribution in [0.3, 0.4) is 0 Å². The summed E-state index contributed by atoms with van der Waals surface area (Å²) in [6.07, 6.45) is 10.4. The van der Waals surface area contributed by atoms with Crippen LogP contribution in [0.15, 0.2) is 116 Å². The van der Waals surface area contributed by atoms with Gasteiger partial charge in [0.05, 0.1) is 11.4 Å². The first-order valence-corrected chi connectivity index (χ1v) is 15.7. The molecule has 0 atom stereocenters. The average molecular weight is 572 g/mol. The van der Waals surface area contributed by atoms with Gasteiger partial charge in [0.2, 0.25) is 0 Å². The number of aromatic nitrogens is 3. The van der Waals surface area contributed by atoms with E-state index in [0.29, 0.717) is 0 Å². The van der Waals surface area contributed by atoms with Crippen molar-refractivity contribution >= 4 is 32.3 Å². The van der Waals surface area contributed by atoms with Crippen molar-refractivity contribution < 1.29 is 0 Å². The lowest BCUT2D eigenvalue weighted by Crippen LogP contribution is -1.93. The van der Waals surface area contributed by atoms with E-state index in [1.54, 1.807) is 16.2 Å². The predicted octanol–water partition coefficient (Wildman–Crippen LogP) is 9.71. The van der Waals surface area contributed by atoms with Crippen molar-refractivity contribution in [3.63, 3.8) is 0 Å². The molecule has 0 bridgehead atoms. The summed E-state index contributed by atoms with van der Waals surface area (Å²) >= 11 is 0. The van der Waals surface area contributed by atoms with Crippen LogP contribution in [0.4, 0.5) is 0 Å². The highest BCUT2D eigenvalue weighted by Gasteiger charge is 2.32. The van der Waals surface area contributed by atoms with Gasteiger partial charge >= 0.3 is 0 Å². The number of rotatable bonds is 4. The van der Waals surface area contributed by atoms with Gasteiger partial charge in [0.25, 0.3) is 0 Å². The fourth-order valence-electron chi connectivity index (χ4n) is 8.51. The molecule has 0 amide bonds. The third kappa shape index (κ3) is 3.17. The SMILES string of the molecule is c1cc(-c2cc(-c3ccc(-c4cc5c6c7c(ccc8c7c7c(ccc9c7c6c4C9)C8)C5)cc3)cc(-c3ccncc3)n2)ccn1. The molecule has 11 rings (SSSR count). The highest BCUT2D eigenvalue weighted by atomic mass is 14.7. The number of hydrogen-bond donors (Lipinski definition) is 0. The zero-order chi connectivity index (χ0) is 29.2. The van der Waals surface area contributed by atoms with Crippen LogP contribution in [0.1, 0.15) is 33.4 Å². The van der Waals surface area contributed by atoms with E-state index in [4.69, 9.17) is 4.98 Å². The third-order valence-corrected chi connectivity index (χ3v) is 10.5. The Morgan fingerprint density at radius 1 is 0.356 bits per heavy atom. The normalized spacial score (nSPS) is 13.5. The molecule has 3 aromatic heterocycles. The van der Waals surface area contributed by atoms with E-state index >= 15 is 0 Å². The molecule has 0 spiro atoms. The summed E-state index contributed by atoms with van der Waals surface area (Å²) in [5.74, 6) is 0. The smallest absolute Gasteiger partial charge is 0.0716 e. The lowest BCUT2D eigenvalue weighted by Gasteiger charge is -2.14. The molecule has 3 heterocycles. The summed E-state index contributed by atoms with van der Waals surface area (Å²) in [7, 11) is 0. The van der Waals surface area contributed by atoms with Crippen molar-refractivity contribution in [2.75, 3.05) is 0 Å². The van der Waals surface area contributed by atoms with E-state index in [-0.39, 0.29) is 0 Å². The number of benzene rings is 5. The Kier molecular flexibility index (Phi) is 4.48. The van der Waals surface area contributed by atoms with Gasteiger partial charge in [0.15, 0.2) is 0 Å². The second kappa shape index (κ2) is 8.49. The molecule has 45 heavy (non-hydrogen) atoms. The number of pyridine rings is 3. The molecule has 8 aromatic rings. The van der Waals surface area contributed by atoms with Gasteiger partial charge in [-0.05, 0) is 150 Å². The second-order valence-corrected chi connectivity index (χ2v) is 12.8. The highest BCUT2D eigenvalue weighted by Crippen LogP contribution is 2.54. The Labute approximate surface area is 259 Å². The summed E-state index contributed by atoms with van der Waals surface area (Å²) in [4.78, 5) is 13.5. The largest absolute Gasteiger partial charge is 0.265 e. The Bertz CT molecular complexity index is 2490. The van der Waals surface area contributed by atoms with Crippen LogP contribution in [0.2, 0.25) is 0 Å². The zero-order valence-corrected chi connectivity index (χ0v) is 24.4. The second-order valence-electron chi connectivity index (χ2n) is 12.8. The van der Waals surface area contributed by atoms with Crippen molar-refractivity contribution in [2.45, 2.75) is 19.3 Å². The first-order chi connectivity index (χ1) is 22.3. The first-order valence-electron chi connectivity index (χ1n) is 15.7. The number of nitrogens with zero attached hydrogens (tertiary/aromatic N) is 3. The Hall–Kier alpha value is -5.67. The maximum atomic E-state index is 5.03. The van der Waals surface area contributed by atoms with E-state index in [0.717, 1.165) is 47.3 Å². The molecule has 3 nitrogen and oxygen atoms in total. The Balaban J connectivity index is 1.08. The fraction of sp³-hybridized carbons (Fsp3) is 0.0714. The monoisotopic (exact) mass is 571 g/mol. The molecule has 0 aliphatic heterocycles. The lowest BCUT2D eigenvalue weighted by atomic mass is 9.90. The van der Waals surface area contributed by atoms with Crippen LogP contribution in [0.5, 0.6) is 0 Å². The van der Waals surface area contributed by atoms with E-state index in [1.165, 1.54) is 66.2 Å². The van der Waals surface area contributed by atoms with Crippen molar-refractivity contribution in [1.82, 2.24) is 15.0 Å². The molecule has 3 aliphatic rings. The van der Waals surface area contributed by atoms with Crippen LogP contribution in [0, 0.1) is 0 Å². The molecule has 0 saturated carbocycles. The Morgan fingerprint density at radius 3 is 1.40 bits per heavy atom. The molecular formula is C42H25N3. The van der Waals surface area contributed by atoms with Gasteiger partial charge in [-0.3, -0.25) is 9.97 Å². The fourth-order valence-corrected chi connectivity index (χ4v) is 8.51. The van der Waals surface area contributed by atoms with Gasteiger partial charge in [0.1, 0.15) is 0 Å². The minimum Gasteiger partial charge on any atom is -0.265 e. The summed E-state index contributed by atoms with van der Waals surface area (Å²) in [5, 5.41) is 9.22.